The van der Waals surface area contributed by atoms with Crippen LogP contribution in [0.5, 0.6) is 0 Å². The third-order valence-corrected chi connectivity index (χ3v) is 4.45. The molecular weight excluding hydrogens is 356 g/mol. The number of nitrogens with one attached hydrogen (secondary N) is 2. The van der Waals surface area contributed by atoms with E-state index in [1.54, 1.807) is 12.4 Å². The highest BCUT2D eigenvalue weighted by atomic mass is 16.3. The average Bonchev–Trinajstić information content (AvgIpc) is 2.71. The first-order valence-corrected chi connectivity index (χ1v) is 9.49. The van der Waals surface area contributed by atoms with Gasteiger partial charge in [-0.1, -0.05) is 6.07 Å². The normalized spacial score (nSPS) is 10.9. The lowest BCUT2D eigenvalue weighted by molar-refractivity contribution is -0.121. The Labute approximate surface area is 163 Å². The van der Waals surface area contributed by atoms with E-state index in [1.165, 1.54) is 0 Å². The van der Waals surface area contributed by atoms with Crippen molar-refractivity contribution < 1.29 is 14.7 Å². The van der Waals surface area contributed by atoms with E-state index in [4.69, 9.17) is 5.11 Å². The second kappa shape index (κ2) is 9.75. The van der Waals surface area contributed by atoms with Crippen LogP contribution in [0.4, 0.5) is 5.69 Å². The Bertz CT molecular complexity index is 974. The van der Waals surface area contributed by atoms with Crippen LogP contribution in [0.1, 0.15) is 32.1 Å². The van der Waals surface area contributed by atoms with Gasteiger partial charge in [-0.2, -0.15) is 0 Å². The topological polar surface area (TPSA) is 104 Å². The fourth-order valence-electron chi connectivity index (χ4n) is 3.06. The number of fused-ring (bicyclic) bond motifs is 3. The van der Waals surface area contributed by atoms with Crippen molar-refractivity contribution in [3.8, 4) is 0 Å². The quantitative estimate of drug-likeness (QED) is 0.391. The molecule has 7 nitrogen and oxygen atoms in total. The fraction of sp³-hybridized carbons (Fsp3) is 0.333. The van der Waals surface area contributed by atoms with Crippen molar-refractivity contribution in [2.24, 2.45) is 0 Å². The van der Waals surface area contributed by atoms with Crippen LogP contribution in [-0.4, -0.2) is 40.0 Å². The molecule has 7 heteroatoms. The molecule has 3 aromatic rings. The van der Waals surface area contributed by atoms with E-state index in [0.29, 0.717) is 38.6 Å². The predicted octanol–water partition coefficient (Wildman–Crippen LogP) is 2.78. The van der Waals surface area contributed by atoms with E-state index in [2.05, 4.69) is 20.6 Å². The Morgan fingerprint density at radius 2 is 1.64 bits per heavy atom. The van der Waals surface area contributed by atoms with Crippen molar-refractivity contribution in [1.82, 2.24) is 15.3 Å². The first-order valence-electron chi connectivity index (χ1n) is 9.49. The van der Waals surface area contributed by atoms with E-state index in [0.717, 1.165) is 27.5 Å². The number of pyridine rings is 2. The van der Waals surface area contributed by atoms with E-state index in [9.17, 15) is 9.59 Å². The molecule has 28 heavy (non-hydrogen) atoms. The first kappa shape index (κ1) is 19.7. The smallest absolute Gasteiger partial charge is 0.224 e. The Morgan fingerprint density at radius 1 is 0.929 bits per heavy atom. The zero-order valence-corrected chi connectivity index (χ0v) is 15.6. The van der Waals surface area contributed by atoms with Gasteiger partial charge in [-0.3, -0.25) is 19.6 Å². The minimum atomic E-state index is -0.0888. The molecule has 2 amide bonds. The van der Waals surface area contributed by atoms with Crippen molar-refractivity contribution in [3.63, 3.8) is 0 Å². The number of nitrogens with zero attached hydrogens (tertiary/aromatic N) is 2. The number of aliphatic hydroxyl groups is 1. The van der Waals surface area contributed by atoms with Gasteiger partial charge in [0.25, 0.3) is 0 Å². The van der Waals surface area contributed by atoms with Gasteiger partial charge in [0.15, 0.2) is 0 Å². The van der Waals surface area contributed by atoms with Gasteiger partial charge in [0.05, 0.1) is 16.7 Å². The molecule has 0 spiro atoms. The molecule has 3 rings (SSSR count). The molecule has 0 aliphatic heterocycles. The van der Waals surface area contributed by atoms with Crippen LogP contribution in [-0.2, 0) is 9.59 Å². The van der Waals surface area contributed by atoms with E-state index < -0.39 is 0 Å². The molecule has 0 aliphatic carbocycles. The molecule has 0 atom stereocenters. The Hall–Kier alpha value is -3.06. The summed E-state index contributed by atoms with van der Waals surface area (Å²) in [5.74, 6) is -0.137. The summed E-state index contributed by atoms with van der Waals surface area (Å²) in [6.45, 7) is 0.545. The second-order valence-corrected chi connectivity index (χ2v) is 6.58. The van der Waals surface area contributed by atoms with Crippen LogP contribution in [0.15, 0.2) is 42.7 Å². The molecule has 0 bridgehead atoms. The number of rotatable bonds is 9. The fourth-order valence-corrected chi connectivity index (χ4v) is 3.06. The molecule has 1 aromatic carbocycles. The summed E-state index contributed by atoms with van der Waals surface area (Å²) in [4.78, 5) is 32.8. The van der Waals surface area contributed by atoms with Gasteiger partial charge in [0.2, 0.25) is 11.8 Å². The van der Waals surface area contributed by atoms with E-state index >= 15 is 0 Å². The van der Waals surface area contributed by atoms with Crippen molar-refractivity contribution >= 4 is 39.3 Å². The summed E-state index contributed by atoms with van der Waals surface area (Å²) in [6.07, 6.45) is 6.00. The van der Waals surface area contributed by atoms with E-state index in [1.807, 2.05) is 30.3 Å². The van der Waals surface area contributed by atoms with Gasteiger partial charge in [0.1, 0.15) is 0 Å². The standard InChI is InChI=1S/C21H24N4O3/c26-13-5-12-22-18(27)8-1-2-9-19(28)25-17-14-15-6-3-10-23-20(15)21-16(17)7-4-11-24-21/h3-4,6-7,10-11,14,26H,1-2,5,8-9,12-13H2,(H,22,27)(H,25,28). The lowest BCUT2D eigenvalue weighted by atomic mass is 10.1. The zero-order valence-electron chi connectivity index (χ0n) is 15.6. The average molecular weight is 380 g/mol. The number of aliphatic hydroxyl groups excluding tert-OH is 1. The highest BCUT2D eigenvalue weighted by Crippen LogP contribution is 2.29. The lowest BCUT2D eigenvalue weighted by Crippen LogP contribution is -2.24. The highest BCUT2D eigenvalue weighted by Gasteiger charge is 2.11. The molecule has 2 heterocycles. The number of carbonyl (C=O) groups excluding carboxylic acids is 2. The SMILES string of the molecule is O=C(CCCCC(=O)Nc1cc2cccnc2c2ncccc12)NCCCO. The number of anilines is 1. The highest BCUT2D eigenvalue weighted by molar-refractivity contribution is 6.11. The third kappa shape index (κ3) is 5.01. The number of unbranched alkanes of at least 4 members (excludes halogenated alkanes) is 1. The van der Waals surface area contributed by atoms with Gasteiger partial charge in [0, 0.05) is 49.2 Å². The van der Waals surface area contributed by atoms with Gasteiger partial charge < -0.3 is 15.7 Å². The van der Waals surface area contributed by atoms with Crippen LogP contribution in [0.3, 0.4) is 0 Å². The number of amides is 2. The summed E-state index contributed by atoms with van der Waals surface area (Å²) in [6, 6.07) is 9.47. The lowest BCUT2D eigenvalue weighted by Gasteiger charge is -2.11. The minimum absolute atomic E-state index is 0.0482. The molecule has 0 radical (unpaired) electrons. The summed E-state index contributed by atoms with van der Waals surface area (Å²) < 4.78 is 0. The summed E-state index contributed by atoms with van der Waals surface area (Å²) in [5, 5.41) is 16.2. The number of aromatic nitrogens is 2. The molecule has 0 aliphatic rings. The molecule has 146 valence electrons. The monoisotopic (exact) mass is 380 g/mol. The Kier molecular flexibility index (Phi) is 6.86. The molecule has 3 N–H and O–H groups in total. The minimum Gasteiger partial charge on any atom is -0.396 e. The Balaban J connectivity index is 1.58. The summed E-state index contributed by atoms with van der Waals surface area (Å²) >= 11 is 0. The van der Waals surface area contributed by atoms with Gasteiger partial charge in [-0.05, 0) is 43.5 Å². The molecule has 0 fully saturated rings. The van der Waals surface area contributed by atoms with Crippen molar-refractivity contribution in [2.45, 2.75) is 32.1 Å². The van der Waals surface area contributed by atoms with Crippen LogP contribution in [0.25, 0.3) is 21.8 Å². The molecule has 0 saturated heterocycles. The first-order chi connectivity index (χ1) is 13.7. The summed E-state index contributed by atoms with van der Waals surface area (Å²) in [5.41, 5.74) is 2.29. The second-order valence-electron chi connectivity index (χ2n) is 6.58. The largest absolute Gasteiger partial charge is 0.396 e. The van der Waals surface area contributed by atoms with Crippen LogP contribution in [0.2, 0.25) is 0 Å². The van der Waals surface area contributed by atoms with E-state index in [-0.39, 0.29) is 18.4 Å². The maximum atomic E-state index is 12.4. The van der Waals surface area contributed by atoms with Crippen molar-refractivity contribution in [2.75, 3.05) is 18.5 Å². The molecular formula is C21H24N4O3. The van der Waals surface area contributed by atoms with Gasteiger partial charge in [-0.15, -0.1) is 0 Å². The Morgan fingerprint density at radius 3 is 2.43 bits per heavy atom. The van der Waals surface area contributed by atoms with Gasteiger partial charge in [-0.25, -0.2) is 0 Å². The number of hydrogen-bond donors (Lipinski definition) is 3. The zero-order chi connectivity index (χ0) is 19.8. The van der Waals surface area contributed by atoms with Gasteiger partial charge >= 0.3 is 0 Å². The number of hydrogen-bond acceptors (Lipinski definition) is 5. The molecule has 0 saturated carbocycles. The van der Waals surface area contributed by atoms with Crippen LogP contribution in [0, 0.1) is 0 Å². The predicted molar refractivity (Wildman–Crippen MR) is 109 cm³/mol. The molecule has 2 aromatic heterocycles. The van der Waals surface area contributed by atoms with Crippen LogP contribution < -0.4 is 10.6 Å². The summed E-state index contributed by atoms with van der Waals surface area (Å²) in [7, 11) is 0. The molecule has 0 unspecified atom stereocenters. The number of benzene rings is 1. The third-order valence-electron chi connectivity index (χ3n) is 4.45. The van der Waals surface area contributed by atoms with Crippen molar-refractivity contribution in [1.29, 1.82) is 0 Å². The van der Waals surface area contributed by atoms with Crippen LogP contribution >= 0.6 is 0 Å². The van der Waals surface area contributed by atoms with Crippen molar-refractivity contribution in [3.05, 3.63) is 42.7 Å². The maximum Gasteiger partial charge on any atom is 0.224 e. The maximum absolute atomic E-state index is 12.4. The number of carbonyl (C=O) groups is 2.